The van der Waals surface area contributed by atoms with Crippen molar-refractivity contribution in [1.29, 1.82) is 0 Å². The summed E-state index contributed by atoms with van der Waals surface area (Å²) in [7, 11) is 0. The Morgan fingerprint density at radius 2 is 2.09 bits per heavy atom. The second-order valence-corrected chi connectivity index (χ2v) is 7.75. The minimum atomic E-state index is -1.19. The molecule has 3 rings (SSSR count). The van der Waals surface area contributed by atoms with Crippen LogP contribution in [0.3, 0.4) is 0 Å². The summed E-state index contributed by atoms with van der Waals surface area (Å²) in [5, 5.41) is 9.65. The summed E-state index contributed by atoms with van der Waals surface area (Å²) in [5.74, 6) is 0.408. The summed E-state index contributed by atoms with van der Waals surface area (Å²) in [6.07, 6.45) is 2.87. The highest BCUT2D eigenvalue weighted by Gasteiger charge is 2.27. The number of carboxylic acids is 1. The van der Waals surface area contributed by atoms with Crippen LogP contribution in [0, 0.1) is 0 Å². The number of allylic oxidation sites excluding steroid dienone is 1. The van der Waals surface area contributed by atoms with Crippen molar-refractivity contribution in [2.75, 3.05) is 12.5 Å². The van der Waals surface area contributed by atoms with Crippen LogP contribution in [0.4, 0.5) is 0 Å². The van der Waals surface area contributed by atoms with Crippen LogP contribution in [0.2, 0.25) is 0 Å². The molecule has 2 aliphatic heterocycles. The lowest BCUT2D eigenvalue weighted by Gasteiger charge is -2.02. The molecule has 23 heavy (non-hydrogen) atoms. The standard InChI is InChI=1S/C16H14O5S2/c1-9-7-22-16(23-9)14(15(18)19)11(17)4-2-10-3-5-12-13(6-10)21-8-20-12/h2-6,9H,7-8H2,1H3,(H,18,19)/b4-2+,16-14-. The van der Waals surface area contributed by atoms with E-state index < -0.39 is 11.8 Å². The number of ether oxygens (including phenoxy) is 2. The van der Waals surface area contributed by atoms with Crippen LogP contribution in [-0.4, -0.2) is 34.7 Å². The summed E-state index contributed by atoms with van der Waals surface area (Å²) in [6, 6.07) is 5.29. The first-order chi connectivity index (χ1) is 11.0. The summed E-state index contributed by atoms with van der Waals surface area (Å²) in [6.45, 7) is 2.19. The van der Waals surface area contributed by atoms with Crippen molar-refractivity contribution in [2.24, 2.45) is 0 Å². The molecule has 1 fully saturated rings. The number of carbonyl (C=O) groups is 2. The third kappa shape index (κ3) is 3.56. The Bertz CT molecular complexity index is 723. The molecule has 0 aliphatic carbocycles. The molecule has 1 atom stereocenters. The Kier molecular flexibility index (Phi) is 4.68. The third-order valence-electron chi connectivity index (χ3n) is 3.25. The van der Waals surface area contributed by atoms with Crippen molar-refractivity contribution in [2.45, 2.75) is 12.2 Å². The van der Waals surface area contributed by atoms with E-state index in [4.69, 9.17) is 9.47 Å². The molecule has 0 saturated carbocycles. The van der Waals surface area contributed by atoms with Gasteiger partial charge in [0, 0.05) is 11.0 Å². The molecule has 120 valence electrons. The number of carbonyl (C=O) groups excluding carboxylic acids is 1. The molecule has 7 heteroatoms. The van der Waals surface area contributed by atoms with Crippen molar-refractivity contribution < 1.29 is 24.2 Å². The Morgan fingerprint density at radius 3 is 2.78 bits per heavy atom. The summed E-state index contributed by atoms with van der Waals surface area (Å²) >= 11 is 2.86. The average Bonchev–Trinajstić information content (AvgIpc) is 3.13. The van der Waals surface area contributed by atoms with Crippen molar-refractivity contribution in [3.05, 3.63) is 39.6 Å². The summed E-state index contributed by atoms with van der Waals surface area (Å²) in [5.41, 5.74) is 0.596. The molecule has 2 aliphatic rings. The van der Waals surface area contributed by atoms with Crippen LogP contribution in [0.15, 0.2) is 34.1 Å². The topological polar surface area (TPSA) is 72.8 Å². The minimum absolute atomic E-state index is 0.152. The number of rotatable bonds is 4. The SMILES string of the molecule is CC1CS/C(=C(/C(=O)O)C(=O)/C=C/c2ccc3c(c2)OCO3)S1. The normalized spacial score (nSPS) is 21.7. The number of thioether (sulfide) groups is 2. The van der Waals surface area contributed by atoms with E-state index in [1.807, 2.05) is 6.92 Å². The maximum Gasteiger partial charge on any atom is 0.341 e. The van der Waals surface area contributed by atoms with Gasteiger partial charge in [-0.25, -0.2) is 4.79 Å². The van der Waals surface area contributed by atoms with Gasteiger partial charge in [-0.15, -0.1) is 23.5 Å². The Hall–Kier alpha value is -1.86. The van der Waals surface area contributed by atoms with Crippen LogP contribution >= 0.6 is 23.5 Å². The van der Waals surface area contributed by atoms with Crippen molar-refractivity contribution in [1.82, 2.24) is 0 Å². The molecular formula is C16H14O5S2. The molecule has 1 saturated heterocycles. The lowest BCUT2D eigenvalue weighted by atomic mass is 10.1. The molecule has 0 bridgehead atoms. The van der Waals surface area contributed by atoms with E-state index >= 15 is 0 Å². The number of hydrogen-bond acceptors (Lipinski definition) is 6. The van der Waals surface area contributed by atoms with E-state index in [1.165, 1.54) is 29.6 Å². The lowest BCUT2D eigenvalue weighted by molar-refractivity contribution is -0.134. The average molecular weight is 350 g/mol. The van der Waals surface area contributed by atoms with Gasteiger partial charge in [-0.3, -0.25) is 4.79 Å². The smallest absolute Gasteiger partial charge is 0.341 e. The van der Waals surface area contributed by atoms with Gasteiger partial charge in [-0.2, -0.15) is 0 Å². The number of benzene rings is 1. The van der Waals surface area contributed by atoms with E-state index in [0.29, 0.717) is 21.0 Å². The van der Waals surface area contributed by atoms with Crippen LogP contribution in [-0.2, 0) is 9.59 Å². The van der Waals surface area contributed by atoms with Gasteiger partial charge in [-0.1, -0.05) is 19.1 Å². The Labute approximate surface area is 141 Å². The monoisotopic (exact) mass is 350 g/mol. The number of carboxylic acid groups (broad SMARTS) is 1. The van der Waals surface area contributed by atoms with Crippen LogP contribution in [0.5, 0.6) is 11.5 Å². The minimum Gasteiger partial charge on any atom is -0.477 e. The van der Waals surface area contributed by atoms with Gasteiger partial charge in [0.15, 0.2) is 17.3 Å². The zero-order valence-corrected chi connectivity index (χ0v) is 13.9. The van der Waals surface area contributed by atoms with E-state index in [-0.39, 0.29) is 12.4 Å². The summed E-state index contributed by atoms with van der Waals surface area (Å²) in [4.78, 5) is 23.7. The molecule has 0 radical (unpaired) electrons. The van der Waals surface area contributed by atoms with Gasteiger partial charge in [0.2, 0.25) is 6.79 Å². The molecule has 5 nitrogen and oxygen atoms in total. The zero-order chi connectivity index (χ0) is 16.4. The number of hydrogen-bond donors (Lipinski definition) is 1. The number of aliphatic carboxylic acids is 1. The molecule has 1 N–H and O–H groups in total. The predicted octanol–water partition coefficient (Wildman–Crippen LogP) is 3.16. The number of fused-ring (bicyclic) bond motifs is 1. The van der Waals surface area contributed by atoms with E-state index in [2.05, 4.69) is 0 Å². The van der Waals surface area contributed by atoms with E-state index in [9.17, 15) is 14.7 Å². The highest BCUT2D eigenvalue weighted by molar-refractivity contribution is 8.25. The van der Waals surface area contributed by atoms with Gasteiger partial charge in [0.05, 0.1) is 4.24 Å². The van der Waals surface area contributed by atoms with Crippen molar-refractivity contribution in [3.63, 3.8) is 0 Å². The predicted molar refractivity (Wildman–Crippen MR) is 90.8 cm³/mol. The van der Waals surface area contributed by atoms with E-state index in [1.54, 1.807) is 24.3 Å². The molecular weight excluding hydrogens is 336 g/mol. The highest BCUT2D eigenvalue weighted by atomic mass is 32.2. The van der Waals surface area contributed by atoms with Crippen LogP contribution < -0.4 is 9.47 Å². The number of ketones is 1. The van der Waals surface area contributed by atoms with Gasteiger partial charge in [0.1, 0.15) is 5.57 Å². The summed E-state index contributed by atoms with van der Waals surface area (Å²) < 4.78 is 11.1. The Morgan fingerprint density at radius 1 is 1.30 bits per heavy atom. The Balaban J connectivity index is 1.80. The first-order valence-electron chi connectivity index (χ1n) is 6.93. The quantitative estimate of drug-likeness (QED) is 0.508. The third-order valence-corrected chi connectivity index (χ3v) is 6.22. The maximum absolute atomic E-state index is 12.3. The van der Waals surface area contributed by atoms with Gasteiger partial charge < -0.3 is 14.6 Å². The van der Waals surface area contributed by atoms with Gasteiger partial charge >= 0.3 is 5.97 Å². The first-order valence-corrected chi connectivity index (χ1v) is 8.80. The fourth-order valence-electron chi connectivity index (χ4n) is 2.14. The van der Waals surface area contributed by atoms with Crippen LogP contribution in [0.1, 0.15) is 12.5 Å². The van der Waals surface area contributed by atoms with Gasteiger partial charge in [-0.05, 0) is 23.8 Å². The highest BCUT2D eigenvalue weighted by Crippen LogP contribution is 2.43. The molecule has 1 aromatic carbocycles. The van der Waals surface area contributed by atoms with Gasteiger partial charge in [0.25, 0.3) is 0 Å². The zero-order valence-electron chi connectivity index (χ0n) is 12.3. The second kappa shape index (κ2) is 6.72. The van der Waals surface area contributed by atoms with E-state index in [0.717, 1.165) is 11.3 Å². The van der Waals surface area contributed by atoms with Crippen molar-refractivity contribution >= 4 is 41.4 Å². The molecule has 0 spiro atoms. The molecule has 0 aromatic heterocycles. The second-order valence-electron chi connectivity index (χ2n) is 5.02. The molecule has 1 unspecified atom stereocenters. The fraction of sp³-hybridized carbons (Fsp3) is 0.250. The lowest BCUT2D eigenvalue weighted by Crippen LogP contribution is -2.11. The molecule has 2 heterocycles. The van der Waals surface area contributed by atoms with Crippen molar-refractivity contribution in [3.8, 4) is 11.5 Å². The van der Waals surface area contributed by atoms with Crippen LogP contribution in [0.25, 0.3) is 6.08 Å². The fourth-order valence-corrected chi connectivity index (χ4v) is 4.98. The largest absolute Gasteiger partial charge is 0.477 e. The first kappa shape index (κ1) is 16.0. The molecule has 1 aromatic rings. The maximum atomic E-state index is 12.3. The molecule has 0 amide bonds.